The van der Waals surface area contributed by atoms with Gasteiger partial charge in [-0.15, -0.1) is 0 Å². The summed E-state index contributed by atoms with van der Waals surface area (Å²) in [6.07, 6.45) is 3.11. The van der Waals surface area contributed by atoms with Crippen LogP contribution in [0.2, 0.25) is 0 Å². The third-order valence-electron chi connectivity index (χ3n) is 5.25. The highest BCUT2D eigenvalue weighted by atomic mass is 16.2. The van der Waals surface area contributed by atoms with Crippen molar-refractivity contribution < 1.29 is 6.22 Å². The van der Waals surface area contributed by atoms with Crippen molar-refractivity contribution in [2.24, 2.45) is 22.6 Å². The average Bonchev–Trinajstić information content (AvgIpc) is 3.58. The van der Waals surface area contributed by atoms with E-state index in [1.807, 2.05) is 19.9 Å². The largest absolute Gasteiger partial charge is 0.387 e. The molecule has 0 aromatic heterocycles. The normalized spacial score (nSPS) is 18.3. The number of amides is 1. The maximum atomic E-state index is 12.1. The van der Waals surface area contributed by atoms with Crippen molar-refractivity contribution in [2.75, 3.05) is 32.7 Å². The van der Waals surface area contributed by atoms with Crippen molar-refractivity contribution in [3.63, 3.8) is 0 Å². The summed E-state index contributed by atoms with van der Waals surface area (Å²) in [5, 5.41) is 13.8. The summed E-state index contributed by atoms with van der Waals surface area (Å²) in [5.74, 6) is 1.48. The number of nitrogens with zero attached hydrogens (tertiary/aromatic N) is 2. The van der Waals surface area contributed by atoms with E-state index in [9.17, 15) is 4.79 Å². The zero-order valence-electron chi connectivity index (χ0n) is 18.7. The molecule has 1 amide bonds. The van der Waals surface area contributed by atoms with Gasteiger partial charge in [-0.3, -0.25) is 10.2 Å². The van der Waals surface area contributed by atoms with Crippen molar-refractivity contribution in [3.8, 4) is 0 Å². The summed E-state index contributed by atoms with van der Waals surface area (Å²) < 4.78 is 0. The highest BCUT2D eigenvalue weighted by Crippen LogP contribution is 2.30. The molecule has 7 heteroatoms. The first kappa shape index (κ1) is 24.0. The van der Waals surface area contributed by atoms with Gasteiger partial charge in [-0.05, 0) is 31.7 Å². The minimum absolute atomic E-state index is 0. The van der Waals surface area contributed by atoms with E-state index in [0.29, 0.717) is 11.7 Å². The molecule has 1 saturated heterocycles. The molecule has 1 atom stereocenters. The summed E-state index contributed by atoms with van der Waals surface area (Å²) in [6, 6.07) is 10.5. The van der Waals surface area contributed by atoms with E-state index in [4.69, 9.17) is 11.1 Å². The maximum Gasteiger partial charge on any atom is 0.223 e. The Labute approximate surface area is 182 Å². The molecule has 1 aliphatic carbocycles. The lowest BCUT2D eigenvalue weighted by atomic mass is 10.0. The number of nitrogens with two attached hydrogens (primary N) is 1. The van der Waals surface area contributed by atoms with Gasteiger partial charge in [0.2, 0.25) is 5.91 Å². The molecule has 30 heavy (non-hydrogen) atoms. The van der Waals surface area contributed by atoms with Crippen molar-refractivity contribution in [2.45, 2.75) is 46.1 Å². The third-order valence-corrected chi connectivity index (χ3v) is 5.25. The lowest BCUT2D eigenvalue weighted by Crippen LogP contribution is -2.44. The Hall–Kier alpha value is -2.25. The van der Waals surface area contributed by atoms with Gasteiger partial charge in [0.25, 0.3) is 0 Å². The second-order valence-electron chi connectivity index (χ2n) is 8.42. The van der Waals surface area contributed by atoms with Gasteiger partial charge >= 0.3 is 0 Å². The highest BCUT2D eigenvalue weighted by molar-refractivity contribution is 5.94. The molecule has 2 fully saturated rings. The van der Waals surface area contributed by atoms with Crippen LogP contribution in [0.5, 0.6) is 0 Å². The molecule has 0 unspecified atom stereocenters. The minimum Gasteiger partial charge on any atom is -0.387 e. The molecule has 0 bridgehead atoms. The summed E-state index contributed by atoms with van der Waals surface area (Å²) in [4.78, 5) is 18.3. The molecule has 0 radical (unpaired) electrons. The standard InChI is InChI=1S/C17H25N3O.C6H13N3.H2/c21-17(15-6-7-15)19-16(14-4-2-1-3-5-14)8-11-20-12-9-18-10-13-20;1-4(2)6(8)9-5(3)7;/h1-5,15-16,18H,6-13H2,(H,19,21);4H,1-3H3,(H3,7,8,9);1H/t16-;;/m0../s1. The molecule has 5 N–H and O–H groups in total. The molecule has 1 saturated carbocycles. The average molecular weight is 417 g/mol. The van der Waals surface area contributed by atoms with E-state index in [1.54, 1.807) is 6.92 Å². The number of hydrogen-bond donors (Lipinski definition) is 4. The van der Waals surface area contributed by atoms with Crippen molar-refractivity contribution in [3.05, 3.63) is 35.9 Å². The maximum absolute atomic E-state index is 12.1. The first-order valence-corrected chi connectivity index (χ1v) is 11.0. The fourth-order valence-electron chi connectivity index (χ4n) is 3.21. The predicted molar refractivity (Wildman–Crippen MR) is 126 cm³/mol. The second-order valence-corrected chi connectivity index (χ2v) is 8.42. The van der Waals surface area contributed by atoms with Crippen LogP contribution in [0.25, 0.3) is 0 Å². The van der Waals surface area contributed by atoms with Crippen LogP contribution in [0.4, 0.5) is 0 Å². The van der Waals surface area contributed by atoms with Crippen molar-refractivity contribution in [1.29, 1.82) is 5.41 Å². The van der Waals surface area contributed by atoms with Crippen LogP contribution in [0.1, 0.15) is 53.1 Å². The van der Waals surface area contributed by atoms with Crippen LogP contribution < -0.4 is 16.4 Å². The van der Waals surface area contributed by atoms with Gasteiger partial charge in [0.05, 0.1) is 11.9 Å². The van der Waals surface area contributed by atoms with Crippen LogP contribution >= 0.6 is 0 Å². The van der Waals surface area contributed by atoms with Gasteiger partial charge in [0, 0.05) is 46.0 Å². The first-order chi connectivity index (χ1) is 14.4. The first-order valence-electron chi connectivity index (χ1n) is 11.0. The lowest BCUT2D eigenvalue weighted by molar-refractivity contribution is -0.123. The number of piperazine rings is 1. The Balaban J connectivity index is 0.000000413. The molecule has 7 nitrogen and oxygen atoms in total. The van der Waals surface area contributed by atoms with Gasteiger partial charge in [-0.2, -0.15) is 0 Å². The highest BCUT2D eigenvalue weighted by Gasteiger charge is 2.31. The second kappa shape index (κ2) is 12.4. The van der Waals surface area contributed by atoms with Gasteiger partial charge in [0.1, 0.15) is 5.84 Å². The summed E-state index contributed by atoms with van der Waals surface area (Å²) in [5.41, 5.74) is 6.46. The molecule has 2 aliphatic rings. The molecule has 3 rings (SSSR count). The zero-order valence-corrected chi connectivity index (χ0v) is 18.7. The minimum atomic E-state index is 0. The number of nitrogens with one attached hydrogen (secondary N) is 3. The van der Waals surface area contributed by atoms with E-state index in [-0.39, 0.29) is 25.2 Å². The number of rotatable bonds is 7. The van der Waals surface area contributed by atoms with Crippen LogP contribution in [0.3, 0.4) is 0 Å². The Kier molecular flexibility index (Phi) is 9.97. The Morgan fingerprint density at radius 1 is 1.30 bits per heavy atom. The number of carbonyl (C=O) groups excluding carboxylic acids is 1. The van der Waals surface area contributed by atoms with Crippen LogP contribution in [0.15, 0.2) is 35.3 Å². The molecule has 1 heterocycles. The molecular weight excluding hydrogens is 376 g/mol. The third kappa shape index (κ3) is 9.05. The quantitative estimate of drug-likeness (QED) is 0.405. The molecular formula is C23H40N6O. The molecule has 0 spiro atoms. The van der Waals surface area contributed by atoms with Crippen LogP contribution in [-0.4, -0.2) is 55.2 Å². The number of aliphatic imine (C=N–C) groups is 1. The summed E-state index contributed by atoms with van der Waals surface area (Å²) in [7, 11) is 0. The lowest BCUT2D eigenvalue weighted by Gasteiger charge is -2.29. The SMILES string of the molecule is CC(N)=NC(=N)C(C)C.O=C(N[C@@H](CCN1CCNCC1)c1ccccc1)C1CC1.[HH]. The van der Waals surface area contributed by atoms with Gasteiger partial charge in [0.15, 0.2) is 0 Å². The molecule has 1 aromatic carbocycles. The summed E-state index contributed by atoms with van der Waals surface area (Å²) in [6.45, 7) is 10.9. The Bertz CT molecular complexity index is 695. The van der Waals surface area contributed by atoms with E-state index in [0.717, 1.165) is 52.0 Å². The summed E-state index contributed by atoms with van der Waals surface area (Å²) >= 11 is 0. The van der Waals surface area contributed by atoms with Crippen LogP contribution in [0, 0.1) is 17.2 Å². The molecule has 168 valence electrons. The Morgan fingerprint density at radius 2 is 1.93 bits per heavy atom. The number of amidine groups is 2. The zero-order chi connectivity index (χ0) is 21.9. The topological polar surface area (TPSA) is 107 Å². The predicted octanol–water partition coefficient (Wildman–Crippen LogP) is 2.79. The van der Waals surface area contributed by atoms with Crippen LogP contribution in [-0.2, 0) is 4.79 Å². The van der Waals surface area contributed by atoms with E-state index in [1.165, 1.54) is 5.56 Å². The van der Waals surface area contributed by atoms with Gasteiger partial charge in [-0.1, -0.05) is 44.2 Å². The smallest absolute Gasteiger partial charge is 0.223 e. The number of benzene rings is 1. The number of carbonyl (C=O) groups is 1. The van der Waals surface area contributed by atoms with Gasteiger partial charge < -0.3 is 21.3 Å². The fraction of sp³-hybridized carbons (Fsp3) is 0.609. The van der Waals surface area contributed by atoms with Crippen molar-refractivity contribution >= 4 is 17.6 Å². The van der Waals surface area contributed by atoms with E-state index in [2.05, 4.69) is 44.8 Å². The molecule has 1 aliphatic heterocycles. The molecule has 1 aromatic rings. The van der Waals surface area contributed by atoms with E-state index >= 15 is 0 Å². The fourth-order valence-corrected chi connectivity index (χ4v) is 3.21. The van der Waals surface area contributed by atoms with Crippen molar-refractivity contribution in [1.82, 2.24) is 15.5 Å². The Morgan fingerprint density at radius 3 is 2.43 bits per heavy atom. The van der Waals surface area contributed by atoms with Gasteiger partial charge in [-0.25, -0.2) is 4.99 Å². The number of hydrogen-bond acceptors (Lipinski definition) is 4. The van der Waals surface area contributed by atoms with E-state index < -0.39 is 0 Å². The monoisotopic (exact) mass is 416 g/mol.